The predicted octanol–water partition coefficient (Wildman–Crippen LogP) is 4.49. The molecule has 1 aromatic heterocycles. The number of thiophene rings is 1. The molecule has 2 atom stereocenters. The van der Waals surface area contributed by atoms with Crippen LogP contribution in [0, 0.1) is 11.3 Å². The maximum Gasteiger partial charge on any atom is 0.0561 e. The van der Waals surface area contributed by atoms with E-state index in [4.69, 9.17) is 11.6 Å². The zero-order valence-electron chi connectivity index (χ0n) is 10.2. The number of rotatable bonds is 5. The molecule has 16 heavy (non-hydrogen) atoms. The first-order valence-corrected chi connectivity index (χ1v) is 7.28. The van der Waals surface area contributed by atoms with Crippen LogP contribution in [0.5, 0.6) is 0 Å². The highest BCUT2D eigenvalue weighted by Gasteiger charge is 2.50. The highest BCUT2D eigenvalue weighted by atomic mass is 35.5. The lowest BCUT2D eigenvalue weighted by Gasteiger charge is -2.19. The van der Waals surface area contributed by atoms with Gasteiger partial charge in [-0.05, 0) is 42.2 Å². The Bertz CT molecular complexity index is 359. The van der Waals surface area contributed by atoms with Crippen LogP contribution in [-0.4, -0.2) is 6.54 Å². The van der Waals surface area contributed by atoms with Gasteiger partial charge >= 0.3 is 0 Å². The molecule has 2 unspecified atom stereocenters. The van der Waals surface area contributed by atoms with Crippen molar-refractivity contribution in [3.05, 3.63) is 21.3 Å². The molecular weight excluding hydrogens is 238 g/mol. The zero-order valence-corrected chi connectivity index (χ0v) is 11.8. The van der Waals surface area contributed by atoms with E-state index in [0.29, 0.717) is 11.5 Å². The van der Waals surface area contributed by atoms with E-state index in [1.807, 2.05) is 6.07 Å². The van der Waals surface area contributed by atoms with E-state index >= 15 is 0 Å². The summed E-state index contributed by atoms with van der Waals surface area (Å²) in [6.07, 6.45) is 2.48. The predicted molar refractivity (Wildman–Crippen MR) is 72.3 cm³/mol. The van der Waals surface area contributed by atoms with Gasteiger partial charge < -0.3 is 5.32 Å². The van der Waals surface area contributed by atoms with Crippen LogP contribution >= 0.6 is 22.9 Å². The van der Waals surface area contributed by atoms with E-state index in [2.05, 4.69) is 31.5 Å². The summed E-state index contributed by atoms with van der Waals surface area (Å²) in [7, 11) is 0. The van der Waals surface area contributed by atoms with Gasteiger partial charge in [-0.3, -0.25) is 0 Å². The summed E-state index contributed by atoms with van der Waals surface area (Å²) in [5.74, 6) is 0.746. The van der Waals surface area contributed by atoms with Crippen LogP contribution in [0.15, 0.2) is 11.4 Å². The van der Waals surface area contributed by atoms with Crippen molar-refractivity contribution in [1.29, 1.82) is 0 Å². The normalized spacial score (nSPS) is 24.4. The smallest absolute Gasteiger partial charge is 0.0561 e. The quantitative estimate of drug-likeness (QED) is 0.820. The summed E-state index contributed by atoms with van der Waals surface area (Å²) < 4.78 is 0. The Morgan fingerprint density at radius 1 is 1.62 bits per heavy atom. The maximum absolute atomic E-state index is 6.25. The lowest BCUT2D eigenvalue weighted by Crippen LogP contribution is -2.24. The fourth-order valence-corrected chi connectivity index (χ4v) is 3.64. The molecule has 0 radical (unpaired) electrons. The molecule has 1 fully saturated rings. The van der Waals surface area contributed by atoms with Crippen LogP contribution < -0.4 is 5.32 Å². The molecule has 1 nitrogen and oxygen atoms in total. The fourth-order valence-electron chi connectivity index (χ4n) is 2.32. The molecule has 2 rings (SSSR count). The van der Waals surface area contributed by atoms with Crippen molar-refractivity contribution < 1.29 is 0 Å². The van der Waals surface area contributed by atoms with Gasteiger partial charge in [0.05, 0.1) is 5.02 Å². The molecule has 0 saturated heterocycles. The van der Waals surface area contributed by atoms with Crippen molar-refractivity contribution in [2.24, 2.45) is 11.3 Å². The van der Waals surface area contributed by atoms with Gasteiger partial charge in [0.2, 0.25) is 0 Å². The minimum atomic E-state index is 0.461. The molecule has 90 valence electrons. The Morgan fingerprint density at radius 3 is 2.75 bits per heavy atom. The van der Waals surface area contributed by atoms with Gasteiger partial charge in [-0.1, -0.05) is 32.4 Å². The second-order valence-corrected chi connectivity index (χ2v) is 6.72. The van der Waals surface area contributed by atoms with Crippen LogP contribution in [0.1, 0.15) is 44.5 Å². The maximum atomic E-state index is 6.25. The molecule has 0 amide bonds. The lowest BCUT2D eigenvalue weighted by atomic mass is 10.0. The van der Waals surface area contributed by atoms with Crippen molar-refractivity contribution in [2.45, 2.75) is 39.7 Å². The van der Waals surface area contributed by atoms with Crippen LogP contribution in [-0.2, 0) is 0 Å². The van der Waals surface area contributed by atoms with E-state index in [9.17, 15) is 0 Å². The third-order valence-electron chi connectivity index (χ3n) is 3.53. The van der Waals surface area contributed by atoms with E-state index in [0.717, 1.165) is 17.5 Å². The van der Waals surface area contributed by atoms with Crippen molar-refractivity contribution >= 4 is 22.9 Å². The van der Waals surface area contributed by atoms with Crippen LogP contribution in [0.4, 0.5) is 0 Å². The minimum absolute atomic E-state index is 0.461. The molecule has 1 heterocycles. The summed E-state index contributed by atoms with van der Waals surface area (Å²) >= 11 is 8.03. The molecule has 3 heteroatoms. The average molecular weight is 258 g/mol. The first-order chi connectivity index (χ1) is 7.56. The fraction of sp³-hybridized carbons (Fsp3) is 0.692. The van der Waals surface area contributed by atoms with Gasteiger partial charge in [-0.2, -0.15) is 0 Å². The van der Waals surface area contributed by atoms with Crippen molar-refractivity contribution in [3.63, 3.8) is 0 Å². The van der Waals surface area contributed by atoms with E-state index in [1.54, 1.807) is 11.3 Å². The number of nitrogens with one attached hydrogen (secondary N) is 1. The zero-order chi connectivity index (χ0) is 11.8. The second kappa shape index (κ2) is 4.67. The Kier molecular flexibility index (Phi) is 3.62. The number of halogens is 1. The van der Waals surface area contributed by atoms with Gasteiger partial charge in [0.1, 0.15) is 0 Å². The van der Waals surface area contributed by atoms with Crippen LogP contribution in [0.2, 0.25) is 5.02 Å². The monoisotopic (exact) mass is 257 g/mol. The standard InChI is InChI=1S/C13H20ClNS/c1-4-6-15-11(9-8-13(9,2)3)12-10(14)5-7-16-12/h5,7,9,11,15H,4,6,8H2,1-3H3. The molecule has 1 saturated carbocycles. The van der Waals surface area contributed by atoms with Crippen molar-refractivity contribution in [1.82, 2.24) is 5.32 Å². The Morgan fingerprint density at radius 2 is 2.31 bits per heavy atom. The molecule has 1 aliphatic rings. The van der Waals surface area contributed by atoms with Gasteiger partial charge in [0, 0.05) is 10.9 Å². The minimum Gasteiger partial charge on any atom is -0.309 e. The van der Waals surface area contributed by atoms with Crippen LogP contribution in [0.25, 0.3) is 0 Å². The molecule has 1 N–H and O–H groups in total. The third-order valence-corrected chi connectivity index (χ3v) is 4.98. The van der Waals surface area contributed by atoms with Crippen LogP contribution in [0.3, 0.4) is 0 Å². The van der Waals surface area contributed by atoms with Gasteiger partial charge in [-0.15, -0.1) is 11.3 Å². The highest BCUT2D eigenvalue weighted by molar-refractivity contribution is 7.10. The van der Waals surface area contributed by atoms with E-state index in [-0.39, 0.29) is 0 Å². The average Bonchev–Trinajstić information content (AvgIpc) is 2.65. The molecule has 1 aromatic rings. The number of hydrogen-bond acceptors (Lipinski definition) is 2. The second-order valence-electron chi connectivity index (χ2n) is 5.36. The van der Waals surface area contributed by atoms with E-state index < -0.39 is 0 Å². The molecule has 0 aromatic carbocycles. The molecular formula is C13H20ClNS. The SMILES string of the molecule is CCCNC(c1sccc1Cl)C1CC1(C)C. The van der Waals surface area contributed by atoms with Crippen molar-refractivity contribution in [3.8, 4) is 0 Å². The largest absolute Gasteiger partial charge is 0.309 e. The third kappa shape index (κ3) is 2.44. The summed E-state index contributed by atoms with van der Waals surface area (Å²) in [6, 6.07) is 2.47. The topological polar surface area (TPSA) is 12.0 Å². The number of hydrogen-bond donors (Lipinski definition) is 1. The van der Waals surface area contributed by atoms with Gasteiger partial charge in [0.25, 0.3) is 0 Å². The van der Waals surface area contributed by atoms with E-state index in [1.165, 1.54) is 17.7 Å². The lowest BCUT2D eigenvalue weighted by molar-refractivity contribution is 0.421. The first-order valence-electron chi connectivity index (χ1n) is 6.02. The Hall–Kier alpha value is -0.0500. The molecule has 1 aliphatic carbocycles. The summed E-state index contributed by atoms with van der Waals surface area (Å²) in [5.41, 5.74) is 0.485. The molecule has 0 bridgehead atoms. The molecule has 0 spiro atoms. The summed E-state index contributed by atoms with van der Waals surface area (Å²) in [6.45, 7) is 7.98. The van der Waals surface area contributed by atoms with Crippen molar-refractivity contribution in [2.75, 3.05) is 6.54 Å². The summed E-state index contributed by atoms with van der Waals surface area (Å²) in [4.78, 5) is 1.32. The Labute approximate surface area is 107 Å². The first kappa shape index (κ1) is 12.4. The Balaban J connectivity index is 2.13. The van der Waals surface area contributed by atoms with Gasteiger partial charge in [0.15, 0.2) is 0 Å². The molecule has 0 aliphatic heterocycles. The van der Waals surface area contributed by atoms with Gasteiger partial charge in [-0.25, -0.2) is 0 Å². The highest BCUT2D eigenvalue weighted by Crippen LogP contribution is 2.58. The summed E-state index contributed by atoms with van der Waals surface area (Å²) in [5, 5.41) is 6.68.